The van der Waals surface area contributed by atoms with Crippen molar-refractivity contribution < 1.29 is 14.6 Å². The van der Waals surface area contributed by atoms with Crippen LogP contribution in [0.5, 0.6) is 5.75 Å². The zero-order chi connectivity index (χ0) is 46.2. The highest BCUT2D eigenvalue weighted by Gasteiger charge is 2.44. The van der Waals surface area contributed by atoms with Crippen LogP contribution in [0.25, 0.3) is 33.4 Å². The Bertz CT molecular complexity index is 3070. The van der Waals surface area contributed by atoms with Crippen LogP contribution in [0.2, 0.25) is 0 Å². The third-order valence-electron chi connectivity index (χ3n) is 13.4. The number of rotatable bonds is 14. The van der Waals surface area contributed by atoms with Crippen LogP contribution < -0.4 is 26.4 Å². The van der Waals surface area contributed by atoms with Crippen LogP contribution in [-0.4, -0.2) is 120 Å². The maximum atomic E-state index is 12.6. The molecule has 6 heterocycles. The van der Waals surface area contributed by atoms with E-state index in [2.05, 4.69) is 36.1 Å². The first kappa shape index (κ1) is 44.1. The van der Waals surface area contributed by atoms with Crippen LogP contribution >= 0.6 is 0 Å². The van der Waals surface area contributed by atoms with Gasteiger partial charge in [-0.25, -0.2) is 19.4 Å². The molecule has 1 aliphatic carbocycles. The summed E-state index contributed by atoms with van der Waals surface area (Å²) in [6.07, 6.45) is 9.09. The number of nitrogens with zero attached hydrogens (tertiary/aromatic N) is 10. The Morgan fingerprint density at radius 1 is 0.836 bits per heavy atom. The van der Waals surface area contributed by atoms with Gasteiger partial charge < -0.3 is 28.9 Å². The molecule has 17 nitrogen and oxygen atoms in total. The minimum atomic E-state index is -1.20. The Labute approximate surface area is 386 Å². The fraction of sp³-hybridized carbons (Fsp3) is 0.380. The summed E-state index contributed by atoms with van der Waals surface area (Å²) in [7, 11) is 3.30. The van der Waals surface area contributed by atoms with Crippen LogP contribution in [-0.2, 0) is 23.9 Å². The smallest absolute Gasteiger partial charge is 0.333 e. The molecule has 67 heavy (non-hydrogen) atoms. The van der Waals surface area contributed by atoms with Crippen molar-refractivity contribution in [2.24, 2.45) is 13.0 Å². The third kappa shape index (κ3) is 9.07. The first-order valence-corrected chi connectivity index (χ1v) is 23.0. The molecule has 10 rings (SSSR count). The van der Waals surface area contributed by atoms with Crippen molar-refractivity contribution in [3.8, 4) is 28.3 Å². The normalized spacial score (nSPS) is 17.2. The van der Waals surface area contributed by atoms with E-state index in [1.54, 1.807) is 28.4 Å². The van der Waals surface area contributed by atoms with Gasteiger partial charge in [-0.1, -0.05) is 41.6 Å². The average Bonchev–Trinajstić information content (AvgIpc) is 4.05. The van der Waals surface area contributed by atoms with E-state index in [0.717, 1.165) is 105 Å². The standard InChI is InChI=1S/C50H55N11O6/c1-33-25-36(29-56(2)47(33)64)35-9-13-42-41(26-35)46(50(32-62,67-40-11-12-40)37-7-5-4-6-8-37)53-48(51-42)59-18-15-34(16-19-59)28-57-21-23-58(24-22-57)30-38-31-61(55-54-38)39-10-14-44(66-3)43(27-39)60-20-17-45(63)52-49(60)65/h4-10,13-14,17,20,25-27,29,31,34,40,62H,11-12,15-16,18-19,21-24,28,30,32H2,1-3H3,(H,52,63,65). The number of methoxy groups -OCH3 is 1. The lowest BCUT2D eigenvalue weighted by Gasteiger charge is -2.39. The second kappa shape index (κ2) is 18.5. The highest BCUT2D eigenvalue weighted by Crippen LogP contribution is 2.43. The van der Waals surface area contributed by atoms with Crippen molar-refractivity contribution in [1.82, 2.24) is 48.9 Å². The summed E-state index contributed by atoms with van der Waals surface area (Å²) in [5, 5.41) is 21.1. The summed E-state index contributed by atoms with van der Waals surface area (Å²) in [4.78, 5) is 56.9. The number of aryl methyl sites for hydroxylation is 2. The van der Waals surface area contributed by atoms with Crippen LogP contribution in [0, 0.1) is 12.8 Å². The molecule has 17 heteroatoms. The van der Waals surface area contributed by atoms with E-state index in [1.807, 2.05) is 73.9 Å². The van der Waals surface area contributed by atoms with Gasteiger partial charge >= 0.3 is 5.69 Å². The van der Waals surface area contributed by atoms with Gasteiger partial charge in [0.05, 0.1) is 54.3 Å². The topological polar surface area (TPSA) is 182 Å². The SMILES string of the molecule is COc1ccc(-n2cc(CN3CCN(CC4CCN(c5nc(C(CO)(OC6CC6)c6ccccc6)c6cc(-c7cc(C)c(=O)n(C)c7)ccc6n5)CC4)CC3)nn2)cc1-n1ccc(=O)[nH]c1=O. The van der Waals surface area contributed by atoms with Crippen molar-refractivity contribution in [3.05, 3.63) is 151 Å². The quantitative estimate of drug-likeness (QED) is 0.159. The maximum Gasteiger partial charge on any atom is 0.333 e. The van der Waals surface area contributed by atoms with E-state index in [0.29, 0.717) is 46.8 Å². The number of aliphatic hydroxyl groups is 1. The largest absolute Gasteiger partial charge is 0.495 e. The number of ether oxygens (including phenoxy) is 2. The highest BCUT2D eigenvalue weighted by atomic mass is 16.5. The minimum absolute atomic E-state index is 0.0225. The Morgan fingerprint density at radius 3 is 2.33 bits per heavy atom. The lowest BCUT2D eigenvalue weighted by atomic mass is 9.87. The van der Waals surface area contributed by atoms with Crippen molar-refractivity contribution in [2.45, 2.75) is 50.9 Å². The molecule has 3 aliphatic rings. The summed E-state index contributed by atoms with van der Waals surface area (Å²) in [6, 6.07) is 24.7. The van der Waals surface area contributed by atoms with Crippen LogP contribution in [0.15, 0.2) is 112 Å². The molecule has 0 amide bonds. The summed E-state index contributed by atoms with van der Waals surface area (Å²) < 4.78 is 17.0. The van der Waals surface area contributed by atoms with Crippen molar-refractivity contribution in [3.63, 3.8) is 0 Å². The van der Waals surface area contributed by atoms with Crippen LogP contribution in [0.3, 0.4) is 0 Å². The van der Waals surface area contributed by atoms with E-state index in [-0.39, 0.29) is 18.3 Å². The van der Waals surface area contributed by atoms with Gasteiger partial charge in [-0.15, -0.1) is 5.10 Å². The molecule has 346 valence electrons. The molecular weight excluding hydrogens is 851 g/mol. The van der Waals surface area contributed by atoms with Gasteiger partial charge in [0.1, 0.15) is 5.75 Å². The number of anilines is 1. The number of benzene rings is 3. The van der Waals surface area contributed by atoms with Crippen molar-refractivity contribution in [2.75, 3.05) is 64.4 Å². The number of aliphatic hydroxyl groups excluding tert-OH is 1. The Hall–Kier alpha value is -6.79. The highest BCUT2D eigenvalue weighted by molar-refractivity contribution is 5.88. The number of aromatic amines is 1. The molecule has 2 aliphatic heterocycles. The monoisotopic (exact) mass is 905 g/mol. The molecule has 2 N–H and O–H groups in total. The summed E-state index contributed by atoms with van der Waals surface area (Å²) in [5.41, 5.74) is 4.52. The molecular formula is C50H55N11O6. The van der Waals surface area contributed by atoms with E-state index in [1.165, 1.54) is 23.9 Å². The molecule has 7 aromatic rings. The van der Waals surface area contributed by atoms with E-state index in [4.69, 9.17) is 19.4 Å². The zero-order valence-corrected chi connectivity index (χ0v) is 38.0. The predicted molar refractivity (Wildman–Crippen MR) is 254 cm³/mol. The van der Waals surface area contributed by atoms with E-state index >= 15 is 0 Å². The van der Waals surface area contributed by atoms with Crippen LogP contribution in [0.1, 0.15) is 48.2 Å². The number of aromatic nitrogens is 8. The minimum Gasteiger partial charge on any atom is -0.495 e. The molecule has 3 aromatic carbocycles. The van der Waals surface area contributed by atoms with E-state index in [9.17, 15) is 19.5 Å². The molecule has 4 aromatic heterocycles. The van der Waals surface area contributed by atoms with Gasteiger partial charge in [-0.2, -0.15) is 0 Å². The average molecular weight is 906 g/mol. The van der Waals surface area contributed by atoms with Gasteiger partial charge in [0, 0.05) is 88.8 Å². The second-order valence-corrected chi connectivity index (χ2v) is 18.1. The number of H-pyrrole nitrogens is 1. The Morgan fingerprint density at radius 2 is 1.61 bits per heavy atom. The van der Waals surface area contributed by atoms with Crippen molar-refractivity contribution >= 4 is 16.9 Å². The number of pyridine rings is 1. The molecule has 0 bridgehead atoms. The lowest BCUT2D eigenvalue weighted by Crippen LogP contribution is -2.48. The maximum absolute atomic E-state index is 12.6. The molecule has 0 radical (unpaired) electrons. The van der Waals surface area contributed by atoms with Gasteiger partial charge in [-0.05, 0) is 91.6 Å². The zero-order valence-electron chi connectivity index (χ0n) is 38.0. The molecule has 1 saturated carbocycles. The molecule has 2 saturated heterocycles. The molecule has 1 atom stereocenters. The predicted octanol–water partition coefficient (Wildman–Crippen LogP) is 4.18. The Kier molecular flexibility index (Phi) is 12.2. The number of fused-ring (bicyclic) bond motifs is 1. The fourth-order valence-electron chi connectivity index (χ4n) is 9.58. The lowest BCUT2D eigenvalue weighted by molar-refractivity contribution is -0.0672. The van der Waals surface area contributed by atoms with Crippen LogP contribution in [0.4, 0.5) is 5.95 Å². The summed E-state index contributed by atoms with van der Waals surface area (Å²) >= 11 is 0. The van der Waals surface area contributed by atoms with Gasteiger partial charge in [0.2, 0.25) is 5.95 Å². The Balaban J connectivity index is 0.812. The molecule has 1 unspecified atom stereocenters. The number of hydrogen-bond donors (Lipinski definition) is 2. The number of nitrogens with one attached hydrogen (secondary N) is 1. The number of piperidine rings is 1. The summed E-state index contributed by atoms with van der Waals surface area (Å²) in [6.45, 7) is 8.65. The second-order valence-electron chi connectivity index (χ2n) is 18.1. The van der Waals surface area contributed by atoms with Gasteiger partial charge in [-0.3, -0.25) is 24.0 Å². The number of piperazine rings is 1. The molecule has 0 spiro atoms. The van der Waals surface area contributed by atoms with Gasteiger partial charge in [0.15, 0.2) is 5.60 Å². The van der Waals surface area contributed by atoms with Gasteiger partial charge in [0.25, 0.3) is 11.1 Å². The fourth-order valence-corrected chi connectivity index (χ4v) is 9.58. The van der Waals surface area contributed by atoms with Crippen molar-refractivity contribution in [1.29, 1.82) is 0 Å². The third-order valence-corrected chi connectivity index (χ3v) is 13.4. The van der Waals surface area contributed by atoms with E-state index < -0.39 is 16.9 Å². The first-order valence-electron chi connectivity index (χ1n) is 23.0. The molecule has 3 fully saturated rings. The number of hydrogen-bond acceptors (Lipinski definition) is 13. The summed E-state index contributed by atoms with van der Waals surface area (Å²) in [5.74, 6) is 1.65. The first-order chi connectivity index (χ1) is 32.6.